The van der Waals surface area contributed by atoms with Crippen molar-refractivity contribution in [3.8, 4) is 23.1 Å². The summed E-state index contributed by atoms with van der Waals surface area (Å²) < 4.78 is 6.79. The number of amides is 1. The third-order valence-electron chi connectivity index (χ3n) is 4.48. The van der Waals surface area contributed by atoms with Crippen LogP contribution in [0.1, 0.15) is 25.3 Å². The Labute approximate surface area is 184 Å². The molecule has 2 aromatic carbocycles. The molecule has 1 amide bonds. The molecule has 0 saturated heterocycles. The number of nitriles is 1. The van der Waals surface area contributed by atoms with Gasteiger partial charge in [0.25, 0.3) is 5.56 Å². The first-order chi connectivity index (χ1) is 15.0. The van der Waals surface area contributed by atoms with Crippen LogP contribution in [0.4, 0.5) is 5.69 Å². The van der Waals surface area contributed by atoms with Crippen molar-refractivity contribution >= 4 is 23.2 Å². The zero-order chi connectivity index (χ0) is 22.2. The van der Waals surface area contributed by atoms with Gasteiger partial charge in [0.15, 0.2) is 0 Å². The van der Waals surface area contributed by atoms with Crippen molar-refractivity contribution < 1.29 is 9.53 Å². The zero-order valence-electron chi connectivity index (χ0n) is 17.0. The van der Waals surface area contributed by atoms with Gasteiger partial charge in [0.2, 0.25) is 5.91 Å². The number of ether oxygens (including phenoxy) is 1. The van der Waals surface area contributed by atoms with Crippen molar-refractivity contribution in [2.45, 2.75) is 26.3 Å². The Hall–Kier alpha value is -3.63. The van der Waals surface area contributed by atoms with Gasteiger partial charge >= 0.3 is 0 Å². The monoisotopic (exact) mass is 436 g/mol. The van der Waals surface area contributed by atoms with Crippen LogP contribution >= 0.6 is 11.6 Å². The van der Waals surface area contributed by atoms with Gasteiger partial charge in [-0.05, 0) is 61.9 Å². The molecule has 0 unspecified atom stereocenters. The van der Waals surface area contributed by atoms with Crippen LogP contribution in [0.3, 0.4) is 0 Å². The quantitative estimate of drug-likeness (QED) is 0.569. The third-order valence-corrected chi connectivity index (χ3v) is 4.71. The maximum absolute atomic E-state index is 12.3. The van der Waals surface area contributed by atoms with Crippen molar-refractivity contribution in [3.63, 3.8) is 0 Å². The first-order valence-corrected chi connectivity index (χ1v) is 10.2. The first kappa shape index (κ1) is 22.1. The maximum Gasteiger partial charge on any atom is 0.266 e. The largest absolute Gasteiger partial charge is 0.494 e. The van der Waals surface area contributed by atoms with Gasteiger partial charge in [-0.1, -0.05) is 11.6 Å². The average molecular weight is 437 g/mol. The fourth-order valence-electron chi connectivity index (χ4n) is 2.97. The number of hydrogen-bond acceptors (Lipinski definition) is 5. The smallest absolute Gasteiger partial charge is 0.266 e. The predicted molar refractivity (Wildman–Crippen MR) is 119 cm³/mol. The lowest BCUT2D eigenvalue weighted by Gasteiger charge is -2.09. The van der Waals surface area contributed by atoms with Crippen molar-refractivity contribution in [1.82, 2.24) is 9.78 Å². The summed E-state index contributed by atoms with van der Waals surface area (Å²) in [7, 11) is 0. The molecule has 0 aliphatic rings. The minimum Gasteiger partial charge on any atom is -0.494 e. The number of nitrogens with zero attached hydrogens (tertiary/aromatic N) is 3. The Morgan fingerprint density at radius 3 is 2.68 bits per heavy atom. The Kier molecular flexibility index (Phi) is 7.41. The second kappa shape index (κ2) is 10.4. The Bertz CT molecular complexity index is 1170. The molecule has 1 heterocycles. The molecule has 7 nitrogen and oxygen atoms in total. The second-order valence-electron chi connectivity index (χ2n) is 6.69. The summed E-state index contributed by atoms with van der Waals surface area (Å²) >= 11 is 5.93. The van der Waals surface area contributed by atoms with Crippen LogP contribution in [0, 0.1) is 11.3 Å². The van der Waals surface area contributed by atoms with E-state index < -0.39 is 0 Å². The highest BCUT2D eigenvalue weighted by Crippen LogP contribution is 2.21. The van der Waals surface area contributed by atoms with Crippen molar-refractivity contribution in [1.29, 1.82) is 5.26 Å². The third kappa shape index (κ3) is 5.93. The van der Waals surface area contributed by atoms with E-state index in [9.17, 15) is 9.59 Å². The molecular weight excluding hydrogens is 416 g/mol. The summed E-state index contributed by atoms with van der Waals surface area (Å²) in [6.45, 7) is 2.80. The van der Waals surface area contributed by atoms with Crippen molar-refractivity contribution in [2.75, 3.05) is 11.9 Å². The van der Waals surface area contributed by atoms with Gasteiger partial charge in [-0.15, -0.1) is 0 Å². The molecule has 0 spiro atoms. The van der Waals surface area contributed by atoms with Crippen LogP contribution in [0.25, 0.3) is 11.3 Å². The van der Waals surface area contributed by atoms with Crippen LogP contribution < -0.4 is 15.6 Å². The fourth-order valence-corrected chi connectivity index (χ4v) is 3.14. The summed E-state index contributed by atoms with van der Waals surface area (Å²) in [5, 5.41) is 16.7. The van der Waals surface area contributed by atoms with Gasteiger partial charge in [0, 0.05) is 29.6 Å². The van der Waals surface area contributed by atoms with Gasteiger partial charge in [-0.3, -0.25) is 9.59 Å². The standard InChI is InChI=1S/C23H21ClN4O3/c1-2-31-19-9-6-16(7-10-19)20-11-12-23(30)28(27-20)13-3-4-22(29)26-21-14-18(24)8-5-17(21)15-25/h5-12,14H,2-4,13H2,1H3,(H,26,29). The van der Waals surface area contributed by atoms with Crippen LogP contribution in [-0.4, -0.2) is 22.3 Å². The number of rotatable bonds is 8. The molecule has 0 saturated carbocycles. The molecule has 0 bridgehead atoms. The molecule has 0 atom stereocenters. The van der Waals surface area contributed by atoms with Crippen LogP contribution in [-0.2, 0) is 11.3 Å². The molecular formula is C23H21ClN4O3. The van der Waals surface area contributed by atoms with Crippen molar-refractivity contribution in [3.05, 3.63) is 75.5 Å². The number of aryl methyl sites for hydroxylation is 1. The van der Waals surface area contributed by atoms with Gasteiger partial charge in [-0.25, -0.2) is 4.68 Å². The average Bonchev–Trinajstić information content (AvgIpc) is 2.76. The highest BCUT2D eigenvalue weighted by atomic mass is 35.5. The molecule has 0 aliphatic heterocycles. The topological polar surface area (TPSA) is 97.0 Å². The van der Waals surface area contributed by atoms with Gasteiger partial charge in [0.05, 0.1) is 23.6 Å². The molecule has 0 radical (unpaired) electrons. The molecule has 0 aliphatic carbocycles. The van der Waals surface area contributed by atoms with E-state index in [1.807, 2.05) is 37.3 Å². The summed E-state index contributed by atoms with van der Waals surface area (Å²) in [5.41, 5.74) is 1.98. The summed E-state index contributed by atoms with van der Waals surface area (Å²) in [6.07, 6.45) is 0.576. The number of carbonyl (C=O) groups excluding carboxylic acids is 1. The van der Waals surface area contributed by atoms with Gasteiger partial charge < -0.3 is 10.1 Å². The number of hydrogen-bond donors (Lipinski definition) is 1. The van der Waals surface area contributed by atoms with Gasteiger partial charge in [-0.2, -0.15) is 10.4 Å². The Balaban J connectivity index is 1.62. The minimum atomic E-state index is -0.269. The number of anilines is 1. The van der Waals surface area contributed by atoms with E-state index in [2.05, 4.69) is 10.4 Å². The Morgan fingerprint density at radius 1 is 1.19 bits per heavy atom. The molecule has 158 valence electrons. The van der Waals surface area contributed by atoms with Crippen LogP contribution in [0.5, 0.6) is 5.75 Å². The molecule has 31 heavy (non-hydrogen) atoms. The van der Waals surface area contributed by atoms with E-state index in [0.29, 0.717) is 35.0 Å². The van der Waals surface area contributed by atoms with E-state index in [1.54, 1.807) is 18.2 Å². The van der Waals surface area contributed by atoms with Crippen molar-refractivity contribution in [2.24, 2.45) is 0 Å². The number of carbonyl (C=O) groups is 1. The summed E-state index contributed by atoms with van der Waals surface area (Å²) in [6, 6.07) is 17.3. The molecule has 3 rings (SSSR count). The molecule has 1 N–H and O–H groups in total. The minimum absolute atomic E-state index is 0.165. The lowest BCUT2D eigenvalue weighted by Crippen LogP contribution is -2.23. The highest BCUT2D eigenvalue weighted by molar-refractivity contribution is 6.31. The molecule has 3 aromatic rings. The van der Waals surface area contributed by atoms with E-state index in [-0.39, 0.29) is 24.4 Å². The second-order valence-corrected chi connectivity index (χ2v) is 7.13. The number of halogens is 1. The zero-order valence-corrected chi connectivity index (χ0v) is 17.7. The lowest BCUT2D eigenvalue weighted by atomic mass is 10.1. The molecule has 0 fully saturated rings. The van der Waals surface area contributed by atoms with E-state index >= 15 is 0 Å². The first-order valence-electron chi connectivity index (χ1n) is 9.81. The summed E-state index contributed by atoms with van der Waals surface area (Å²) in [4.78, 5) is 24.4. The lowest BCUT2D eigenvalue weighted by molar-refractivity contribution is -0.116. The van der Waals surface area contributed by atoms with Gasteiger partial charge in [0.1, 0.15) is 11.8 Å². The van der Waals surface area contributed by atoms with Crippen LogP contribution in [0.2, 0.25) is 5.02 Å². The van der Waals surface area contributed by atoms with E-state index in [0.717, 1.165) is 11.3 Å². The molecule has 1 aromatic heterocycles. The number of nitrogens with one attached hydrogen (secondary N) is 1. The maximum atomic E-state index is 12.3. The highest BCUT2D eigenvalue weighted by Gasteiger charge is 2.09. The Morgan fingerprint density at radius 2 is 1.97 bits per heavy atom. The molecule has 8 heteroatoms. The van der Waals surface area contributed by atoms with E-state index in [1.165, 1.54) is 16.8 Å². The van der Waals surface area contributed by atoms with Crippen LogP contribution in [0.15, 0.2) is 59.4 Å². The predicted octanol–water partition coefficient (Wildman–Crippen LogP) is 4.25. The number of aromatic nitrogens is 2. The summed E-state index contributed by atoms with van der Waals surface area (Å²) in [5.74, 6) is 0.499. The fraction of sp³-hybridized carbons (Fsp3) is 0.217. The van der Waals surface area contributed by atoms with E-state index in [4.69, 9.17) is 21.6 Å². The normalized spacial score (nSPS) is 10.4. The number of benzene rings is 2. The SMILES string of the molecule is CCOc1ccc(-c2ccc(=O)n(CCCC(=O)Nc3cc(Cl)ccc3C#N)n2)cc1.